The molecule has 0 radical (unpaired) electrons. The molecule has 0 unspecified atom stereocenters. The minimum absolute atomic E-state index is 0.208. The Labute approximate surface area is 105 Å². The Bertz CT molecular complexity index is 538. The van der Waals surface area contributed by atoms with E-state index in [0.717, 1.165) is 11.4 Å². The average molecular weight is 245 g/mol. The van der Waals surface area contributed by atoms with Gasteiger partial charge >= 0.3 is 0 Å². The van der Waals surface area contributed by atoms with Crippen LogP contribution in [0.15, 0.2) is 24.3 Å². The average Bonchev–Trinajstić information content (AvgIpc) is 2.36. The molecule has 0 fully saturated rings. The maximum Gasteiger partial charge on any atom is 0.234 e. The third-order valence-electron chi connectivity index (χ3n) is 2.50. The first-order valence-electron chi connectivity index (χ1n) is 5.46. The Morgan fingerprint density at radius 3 is 2.56 bits per heavy atom. The zero-order chi connectivity index (χ0) is 13.1. The van der Waals surface area contributed by atoms with Crippen LogP contribution in [0.1, 0.15) is 5.82 Å². The predicted octanol–water partition coefficient (Wildman–Crippen LogP) is 1.54. The first-order valence-corrected chi connectivity index (χ1v) is 5.46. The zero-order valence-corrected chi connectivity index (χ0v) is 10.6. The molecule has 1 aromatic heterocycles. The summed E-state index contributed by atoms with van der Waals surface area (Å²) in [6.45, 7) is 1.78. The molecule has 0 saturated carbocycles. The minimum Gasteiger partial charge on any atom is -0.495 e. The van der Waals surface area contributed by atoms with Crippen molar-refractivity contribution in [3.05, 3.63) is 30.1 Å². The highest BCUT2D eigenvalue weighted by molar-refractivity contribution is 5.64. The van der Waals surface area contributed by atoms with Crippen LogP contribution in [0, 0.1) is 6.92 Å². The molecular formula is C12H15N5O. The van der Waals surface area contributed by atoms with E-state index in [1.165, 1.54) is 0 Å². The second-order valence-electron chi connectivity index (χ2n) is 3.77. The van der Waals surface area contributed by atoms with Crippen LogP contribution in [-0.4, -0.2) is 29.1 Å². The fourth-order valence-corrected chi connectivity index (χ4v) is 1.65. The summed E-state index contributed by atoms with van der Waals surface area (Å²) in [7, 11) is 3.48. The molecule has 0 aliphatic carbocycles. The number of para-hydroxylation sites is 2. The Balaban J connectivity index is 2.44. The molecular weight excluding hydrogens is 230 g/mol. The van der Waals surface area contributed by atoms with Gasteiger partial charge in [-0.3, -0.25) is 0 Å². The van der Waals surface area contributed by atoms with Crippen molar-refractivity contribution < 1.29 is 4.74 Å². The maximum absolute atomic E-state index is 5.63. The highest BCUT2D eigenvalue weighted by Crippen LogP contribution is 2.30. The molecule has 94 valence electrons. The summed E-state index contributed by atoms with van der Waals surface area (Å²) in [5.41, 5.74) is 6.49. The summed E-state index contributed by atoms with van der Waals surface area (Å²) in [6, 6.07) is 7.63. The van der Waals surface area contributed by atoms with Gasteiger partial charge in [0, 0.05) is 7.05 Å². The molecule has 2 N–H and O–H groups in total. The van der Waals surface area contributed by atoms with Crippen LogP contribution in [0.2, 0.25) is 0 Å². The van der Waals surface area contributed by atoms with Crippen molar-refractivity contribution >= 4 is 17.6 Å². The lowest BCUT2D eigenvalue weighted by atomic mass is 10.3. The van der Waals surface area contributed by atoms with Crippen molar-refractivity contribution in [2.24, 2.45) is 0 Å². The molecule has 0 bridgehead atoms. The lowest BCUT2D eigenvalue weighted by Crippen LogP contribution is -2.16. The van der Waals surface area contributed by atoms with E-state index in [-0.39, 0.29) is 5.95 Å². The molecule has 6 heteroatoms. The fourth-order valence-electron chi connectivity index (χ4n) is 1.65. The third kappa shape index (κ3) is 2.32. The zero-order valence-electron chi connectivity index (χ0n) is 10.6. The summed E-state index contributed by atoms with van der Waals surface area (Å²) in [4.78, 5) is 14.1. The summed E-state index contributed by atoms with van der Waals surface area (Å²) < 4.78 is 5.30. The number of aryl methyl sites for hydroxylation is 1. The number of nitrogens with zero attached hydrogens (tertiary/aromatic N) is 4. The third-order valence-corrected chi connectivity index (χ3v) is 2.50. The van der Waals surface area contributed by atoms with E-state index in [1.54, 1.807) is 14.0 Å². The first kappa shape index (κ1) is 12.1. The van der Waals surface area contributed by atoms with E-state index in [9.17, 15) is 0 Å². The van der Waals surface area contributed by atoms with E-state index in [0.29, 0.717) is 11.8 Å². The number of ether oxygens (including phenoxy) is 1. The van der Waals surface area contributed by atoms with Crippen LogP contribution >= 0.6 is 0 Å². The number of nitrogens with two attached hydrogens (primary N) is 1. The number of methoxy groups -OCH3 is 1. The van der Waals surface area contributed by atoms with Crippen molar-refractivity contribution in [2.75, 3.05) is 24.8 Å². The van der Waals surface area contributed by atoms with Gasteiger partial charge in [0.25, 0.3) is 0 Å². The second-order valence-corrected chi connectivity index (χ2v) is 3.77. The van der Waals surface area contributed by atoms with Crippen LogP contribution in [0.25, 0.3) is 0 Å². The van der Waals surface area contributed by atoms with E-state index < -0.39 is 0 Å². The number of rotatable bonds is 3. The molecule has 1 aromatic carbocycles. The molecule has 1 heterocycles. The summed E-state index contributed by atoms with van der Waals surface area (Å²) in [5.74, 6) is 2.03. The Kier molecular flexibility index (Phi) is 3.27. The predicted molar refractivity (Wildman–Crippen MR) is 70.0 cm³/mol. The van der Waals surface area contributed by atoms with Gasteiger partial charge in [0.05, 0.1) is 12.8 Å². The van der Waals surface area contributed by atoms with Crippen molar-refractivity contribution in [1.29, 1.82) is 0 Å². The number of anilines is 3. The maximum atomic E-state index is 5.63. The number of hydrogen-bond donors (Lipinski definition) is 1. The Morgan fingerprint density at radius 1 is 1.17 bits per heavy atom. The van der Waals surface area contributed by atoms with Crippen molar-refractivity contribution in [2.45, 2.75) is 6.92 Å². The van der Waals surface area contributed by atoms with Gasteiger partial charge in [0.1, 0.15) is 11.6 Å². The Hall–Kier alpha value is -2.37. The highest BCUT2D eigenvalue weighted by Gasteiger charge is 2.12. The normalized spacial score (nSPS) is 10.2. The summed E-state index contributed by atoms with van der Waals surface area (Å²) >= 11 is 0. The van der Waals surface area contributed by atoms with Crippen molar-refractivity contribution in [1.82, 2.24) is 15.0 Å². The van der Waals surface area contributed by atoms with Crippen LogP contribution in [0.5, 0.6) is 5.75 Å². The Morgan fingerprint density at radius 2 is 1.89 bits per heavy atom. The van der Waals surface area contributed by atoms with Gasteiger partial charge in [-0.15, -0.1) is 0 Å². The van der Waals surface area contributed by atoms with Gasteiger partial charge in [-0.2, -0.15) is 15.0 Å². The summed E-state index contributed by atoms with van der Waals surface area (Å²) in [6.07, 6.45) is 0. The van der Waals surface area contributed by atoms with Gasteiger partial charge in [0.15, 0.2) is 0 Å². The molecule has 0 amide bonds. The van der Waals surface area contributed by atoms with Gasteiger partial charge in [-0.05, 0) is 19.1 Å². The van der Waals surface area contributed by atoms with Crippen molar-refractivity contribution in [3.8, 4) is 5.75 Å². The van der Waals surface area contributed by atoms with Crippen molar-refractivity contribution in [3.63, 3.8) is 0 Å². The largest absolute Gasteiger partial charge is 0.495 e. The van der Waals surface area contributed by atoms with E-state index in [1.807, 2.05) is 36.2 Å². The first-order chi connectivity index (χ1) is 8.61. The number of hydrogen-bond acceptors (Lipinski definition) is 6. The molecule has 6 nitrogen and oxygen atoms in total. The second kappa shape index (κ2) is 4.87. The van der Waals surface area contributed by atoms with Gasteiger partial charge in [-0.25, -0.2) is 0 Å². The molecule has 0 saturated heterocycles. The van der Waals surface area contributed by atoms with Crippen LogP contribution in [0.3, 0.4) is 0 Å². The topological polar surface area (TPSA) is 77.2 Å². The highest BCUT2D eigenvalue weighted by atomic mass is 16.5. The molecule has 18 heavy (non-hydrogen) atoms. The van der Waals surface area contributed by atoms with Crippen LogP contribution in [-0.2, 0) is 0 Å². The monoisotopic (exact) mass is 245 g/mol. The quantitative estimate of drug-likeness (QED) is 0.883. The SMILES string of the molecule is COc1ccccc1N(C)c1nc(C)nc(N)n1. The van der Waals surface area contributed by atoms with Gasteiger partial charge in [-0.1, -0.05) is 12.1 Å². The smallest absolute Gasteiger partial charge is 0.234 e. The number of nitrogen functional groups attached to an aromatic ring is 1. The lowest BCUT2D eigenvalue weighted by Gasteiger charge is -2.19. The van der Waals surface area contributed by atoms with Crippen LogP contribution in [0.4, 0.5) is 17.6 Å². The van der Waals surface area contributed by atoms with Gasteiger partial charge < -0.3 is 15.4 Å². The number of aromatic nitrogens is 3. The van der Waals surface area contributed by atoms with Crippen LogP contribution < -0.4 is 15.4 Å². The fraction of sp³-hybridized carbons (Fsp3) is 0.250. The molecule has 2 rings (SSSR count). The van der Waals surface area contributed by atoms with E-state index in [4.69, 9.17) is 10.5 Å². The van der Waals surface area contributed by atoms with E-state index >= 15 is 0 Å². The molecule has 0 atom stereocenters. The van der Waals surface area contributed by atoms with Gasteiger partial charge in [0.2, 0.25) is 11.9 Å². The molecule has 0 aliphatic rings. The molecule has 2 aromatic rings. The minimum atomic E-state index is 0.208. The standard InChI is InChI=1S/C12H15N5O/c1-8-14-11(13)16-12(15-8)17(2)9-6-4-5-7-10(9)18-3/h4-7H,1-3H3,(H2,13,14,15,16). The lowest BCUT2D eigenvalue weighted by molar-refractivity contribution is 0.415. The molecule has 0 aliphatic heterocycles. The summed E-state index contributed by atoms with van der Waals surface area (Å²) in [5, 5.41) is 0. The van der Waals surface area contributed by atoms with E-state index in [2.05, 4.69) is 15.0 Å². The molecule has 0 spiro atoms. The number of benzene rings is 1.